The molecule has 0 N–H and O–H groups in total. The molecule has 0 fully saturated rings. The van der Waals surface area contributed by atoms with Gasteiger partial charge in [-0.15, -0.1) is 0 Å². The molecule has 0 amide bonds. The van der Waals surface area contributed by atoms with Gasteiger partial charge in [0.1, 0.15) is 11.2 Å². The first-order valence-corrected chi connectivity index (χ1v) is 18.7. The van der Waals surface area contributed by atoms with E-state index in [2.05, 4.69) is 172 Å². The number of rotatable bonds is 4. The third kappa shape index (κ3) is 4.30. The van der Waals surface area contributed by atoms with Gasteiger partial charge in [0.25, 0.3) is 0 Å². The molecule has 0 radical (unpaired) electrons. The van der Waals surface area contributed by atoms with E-state index in [9.17, 15) is 0 Å². The molecule has 0 bridgehead atoms. The number of fused-ring (bicyclic) bond motifs is 9. The Kier molecular flexibility index (Phi) is 6.43. The van der Waals surface area contributed by atoms with Crippen LogP contribution in [0, 0.1) is 0 Å². The van der Waals surface area contributed by atoms with Gasteiger partial charge in [-0.25, -0.2) is 9.97 Å². The topological polar surface area (TPSA) is 38.9 Å². The summed E-state index contributed by atoms with van der Waals surface area (Å²) in [4.78, 5) is 10.8. The van der Waals surface area contributed by atoms with Crippen molar-refractivity contribution in [3.63, 3.8) is 0 Å². The Morgan fingerprint density at radius 2 is 1.02 bits per heavy atom. The SMILES string of the molecule is CC1(C)c2ccccc2-c2ccc(-c3nc(-c4ccc5c(c4)C(C)(c4ccccc4)c4ccccc4-5)cc(-c4cccc5c4oc4ccccc45)n3)cc21. The smallest absolute Gasteiger partial charge is 0.160 e. The van der Waals surface area contributed by atoms with Crippen LogP contribution in [0.3, 0.4) is 0 Å². The van der Waals surface area contributed by atoms with Gasteiger partial charge in [0.05, 0.1) is 11.4 Å². The minimum Gasteiger partial charge on any atom is -0.455 e. The molecule has 0 saturated heterocycles. The van der Waals surface area contributed by atoms with Crippen LogP contribution in [-0.4, -0.2) is 9.97 Å². The normalized spacial score (nSPS) is 16.3. The average Bonchev–Trinajstić information content (AvgIpc) is 3.81. The Labute approximate surface area is 314 Å². The molecule has 54 heavy (non-hydrogen) atoms. The average molecular weight is 693 g/mol. The molecule has 3 heteroatoms. The van der Waals surface area contributed by atoms with E-state index in [4.69, 9.17) is 14.4 Å². The van der Waals surface area contributed by atoms with Crippen molar-refractivity contribution in [2.24, 2.45) is 0 Å². The van der Waals surface area contributed by atoms with E-state index in [0.717, 1.165) is 50.0 Å². The standard InChI is InChI=1S/C51H36N2O/c1-50(2)41-21-10-7-16-34(41)36-27-25-32(29-43(36)50)49-52-45(30-46(53-49)40-20-13-19-39-38-18-9-12-23-47(38)54-48(39)40)31-24-26-37-35-17-8-11-22-42(35)51(3,44(37)28-31)33-14-5-4-6-15-33/h4-30H,1-3H3. The van der Waals surface area contributed by atoms with Gasteiger partial charge in [0, 0.05) is 38.3 Å². The van der Waals surface area contributed by atoms with Gasteiger partial charge in [-0.2, -0.15) is 0 Å². The van der Waals surface area contributed by atoms with E-state index in [1.165, 1.54) is 50.1 Å². The molecule has 0 spiro atoms. The summed E-state index contributed by atoms with van der Waals surface area (Å²) in [6, 6.07) is 58.9. The highest BCUT2D eigenvalue weighted by molar-refractivity contribution is 6.09. The molecule has 1 unspecified atom stereocenters. The third-order valence-corrected chi connectivity index (χ3v) is 12.2. The summed E-state index contributed by atoms with van der Waals surface area (Å²) in [5, 5.41) is 2.18. The molecule has 2 heterocycles. The quantitative estimate of drug-likeness (QED) is 0.184. The van der Waals surface area contributed by atoms with Crippen molar-refractivity contribution in [1.82, 2.24) is 9.97 Å². The van der Waals surface area contributed by atoms with Gasteiger partial charge in [-0.3, -0.25) is 0 Å². The van der Waals surface area contributed by atoms with E-state index < -0.39 is 0 Å². The zero-order chi connectivity index (χ0) is 36.2. The van der Waals surface area contributed by atoms with Crippen LogP contribution in [0.1, 0.15) is 48.6 Å². The van der Waals surface area contributed by atoms with Crippen molar-refractivity contribution >= 4 is 21.9 Å². The van der Waals surface area contributed by atoms with Crippen LogP contribution < -0.4 is 0 Å². The molecule has 256 valence electrons. The van der Waals surface area contributed by atoms with Crippen molar-refractivity contribution in [3.8, 4) is 56.2 Å². The van der Waals surface area contributed by atoms with Gasteiger partial charge in [0.2, 0.25) is 0 Å². The first kappa shape index (κ1) is 31.0. The van der Waals surface area contributed by atoms with E-state index in [1.807, 2.05) is 12.1 Å². The molecule has 1 atom stereocenters. The Balaban J connectivity index is 1.14. The largest absolute Gasteiger partial charge is 0.455 e. The summed E-state index contributed by atoms with van der Waals surface area (Å²) in [7, 11) is 0. The van der Waals surface area contributed by atoms with E-state index in [1.54, 1.807) is 0 Å². The van der Waals surface area contributed by atoms with Crippen LogP contribution in [0.25, 0.3) is 78.1 Å². The van der Waals surface area contributed by atoms with Gasteiger partial charge in [-0.1, -0.05) is 147 Å². The van der Waals surface area contributed by atoms with E-state index >= 15 is 0 Å². The lowest BCUT2D eigenvalue weighted by Crippen LogP contribution is -2.22. The fraction of sp³-hybridized carbons (Fsp3) is 0.0980. The molecule has 0 aliphatic heterocycles. The highest BCUT2D eigenvalue weighted by atomic mass is 16.3. The summed E-state index contributed by atoms with van der Waals surface area (Å²) in [6.07, 6.45) is 0. The molecule has 3 nitrogen and oxygen atoms in total. The fourth-order valence-corrected chi connectivity index (χ4v) is 9.39. The van der Waals surface area contributed by atoms with Crippen LogP contribution in [0.15, 0.2) is 168 Å². The number of hydrogen-bond acceptors (Lipinski definition) is 3. The Morgan fingerprint density at radius 1 is 0.426 bits per heavy atom. The predicted molar refractivity (Wildman–Crippen MR) is 221 cm³/mol. The number of hydrogen-bond donors (Lipinski definition) is 0. The van der Waals surface area contributed by atoms with Crippen molar-refractivity contribution < 1.29 is 4.42 Å². The lowest BCUT2D eigenvalue weighted by Gasteiger charge is -2.28. The van der Waals surface area contributed by atoms with Crippen molar-refractivity contribution in [3.05, 3.63) is 192 Å². The van der Waals surface area contributed by atoms with Gasteiger partial charge < -0.3 is 4.42 Å². The maximum absolute atomic E-state index is 6.56. The number of aromatic nitrogens is 2. The molecule has 7 aromatic carbocycles. The minimum absolute atomic E-state index is 0.140. The Bertz CT molecular complexity index is 2990. The predicted octanol–water partition coefficient (Wildman–Crippen LogP) is 13.0. The zero-order valence-electron chi connectivity index (χ0n) is 30.4. The summed E-state index contributed by atoms with van der Waals surface area (Å²) in [6.45, 7) is 7.00. The molecule has 9 aromatic rings. The van der Waals surface area contributed by atoms with Gasteiger partial charge in [-0.05, 0) is 87.3 Å². The van der Waals surface area contributed by atoms with Crippen LogP contribution in [0.4, 0.5) is 0 Å². The Hall–Kier alpha value is -6.58. The third-order valence-electron chi connectivity index (χ3n) is 12.2. The maximum atomic E-state index is 6.56. The zero-order valence-corrected chi connectivity index (χ0v) is 30.4. The van der Waals surface area contributed by atoms with Crippen LogP contribution in [0.2, 0.25) is 0 Å². The highest BCUT2D eigenvalue weighted by Crippen LogP contribution is 2.53. The second kappa shape index (κ2) is 11.2. The maximum Gasteiger partial charge on any atom is 0.160 e. The minimum atomic E-state index is -0.317. The summed E-state index contributed by atoms with van der Waals surface area (Å²) in [5.41, 5.74) is 17.6. The van der Waals surface area contributed by atoms with E-state index in [-0.39, 0.29) is 10.8 Å². The molecule has 2 aliphatic rings. The first-order chi connectivity index (χ1) is 26.4. The lowest BCUT2D eigenvalue weighted by atomic mass is 9.74. The van der Waals surface area contributed by atoms with Gasteiger partial charge >= 0.3 is 0 Å². The Morgan fingerprint density at radius 3 is 1.85 bits per heavy atom. The van der Waals surface area contributed by atoms with Crippen LogP contribution in [-0.2, 0) is 10.8 Å². The first-order valence-electron chi connectivity index (χ1n) is 18.7. The van der Waals surface area contributed by atoms with Gasteiger partial charge in [0.15, 0.2) is 5.82 Å². The molecular formula is C51H36N2O. The molecule has 0 saturated carbocycles. The molecule has 2 aliphatic carbocycles. The number of nitrogens with zero attached hydrogens (tertiary/aromatic N) is 2. The second-order valence-corrected chi connectivity index (χ2v) is 15.5. The van der Waals surface area contributed by atoms with E-state index in [0.29, 0.717) is 5.82 Å². The highest BCUT2D eigenvalue weighted by Gasteiger charge is 2.41. The molecule has 2 aromatic heterocycles. The second-order valence-electron chi connectivity index (χ2n) is 15.5. The number of para-hydroxylation sites is 2. The summed E-state index contributed by atoms with van der Waals surface area (Å²) in [5.74, 6) is 0.694. The summed E-state index contributed by atoms with van der Waals surface area (Å²) >= 11 is 0. The van der Waals surface area contributed by atoms with Crippen LogP contribution in [0.5, 0.6) is 0 Å². The van der Waals surface area contributed by atoms with Crippen molar-refractivity contribution in [2.45, 2.75) is 31.6 Å². The fourth-order valence-electron chi connectivity index (χ4n) is 9.39. The molecular weight excluding hydrogens is 657 g/mol. The monoisotopic (exact) mass is 692 g/mol. The number of benzene rings is 7. The molecule has 11 rings (SSSR count). The number of furan rings is 1. The lowest BCUT2D eigenvalue weighted by molar-refractivity contribution is 0.660. The summed E-state index contributed by atoms with van der Waals surface area (Å²) < 4.78 is 6.56. The van der Waals surface area contributed by atoms with Crippen molar-refractivity contribution in [1.29, 1.82) is 0 Å². The van der Waals surface area contributed by atoms with Crippen LogP contribution >= 0.6 is 0 Å². The van der Waals surface area contributed by atoms with Crippen molar-refractivity contribution in [2.75, 3.05) is 0 Å².